The zero-order valence-corrected chi connectivity index (χ0v) is 12.7. The van der Waals surface area contributed by atoms with Gasteiger partial charge in [0.15, 0.2) is 6.29 Å². The fourth-order valence-electron chi connectivity index (χ4n) is 2.96. The zero-order chi connectivity index (χ0) is 15.4. The molecule has 0 bridgehead atoms. The van der Waals surface area contributed by atoms with Crippen molar-refractivity contribution in [2.45, 2.75) is 44.4 Å². The van der Waals surface area contributed by atoms with Gasteiger partial charge in [-0.15, -0.1) is 0 Å². The molecule has 1 aromatic carbocycles. The number of aryl methyl sites for hydroxylation is 1. The van der Waals surface area contributed by atoms with Crippen LogP contribution in [-0.2, 0) is 20.8 Å². The highest BCUT2D eigenvalue weighted by molar-refractivity contribution is 5.91. The van der Waals surface area contributed by atoms with Gasteiger partial charge in [-0.05, 0) is 36.5 Å². The fraction of sp³-hybridized carbons (Fsp3) is 0.471. The number of rotatable bonds is 4. The SMILES string of the molecule is [NH3+]C1CCc2cc(/C=C/C(=O)NOC3CCCCO3)ccc21. The average Bonchev–Trinajstić information content (AvgIpc) is 2.93. The number of carbonyl (C=O) groups excluding carboxylic acids is 1. The van der Waals surface area contributed by atoms with Crippen LogP contribution in [0.15, 0.2) is 24.3 Å². The largest absolute Gasteiger partial charge is 0.351 e. The molecule has 0 aromatic heterocycles. The lowest BCUT2D eigenvalue weighted by Gasteiger charge is -2.21. The van der Waals surface area contributed by atoms with E-state index in [-0.39, 0.29) is 12.2 Å². The molecule has 1 saturated heterocycles. The summed E-state index contributed by atoms with van der Waals surface area (Å²) in [7, 11) is 0. The quantitative estimate of drug-likeness (QED) is 0.654. The van der Waals surface area contributed by atoms with Gasteiger partial charge in [-0.25, -0.2) is 10.3 Å². The van der Waals surface area contributed by atoms with Crippen LogP contribution >= 0.6 is 0 Å². The van der Waals surface area contributed by atoms with Gasteiger partial charge in [-0.3, -0.25) is 4.79 Å². The lowest BCUT2D eigenvalue weighted by Crippen LogP contribution is -2.52. The van der Waals surface area contributed by atoms with Crippen molar-refractivity contribution < 1.29 is 20.1 Å². The number of fused-ring (bicyclic) bond motifs is 1. The third-order valence-electron chi connectivity index (χ3n) is 4.23. The summed E-state index contributed by atoms with van der Waals surface area (Å²) < 4.78 is 5.38. The van der Waals surface area contributed by atoms with Crippen LogP contribution in [0.3, 0.4) is 0 Å². The molecule has 0 spiro atoms. The van der Waals surface area contributed by atoms with Gasteiger partial charge in [0, 0.05) is 31.1 Å². The van der Waals surface area contributed by atoms with Crippen LogP contribution in [0.4, 0.5) is 0 Å². The molecule has 1 amide bonds. The van der Waals surface area contributed by atoms with Gasteiger partial charge in [0.25, 0.3) is 5.91 Å². The summed E-state index contributed by atoms with van der Waals surface area (Å²) in [5, 5.41) is 0. The van der Waals surface area contributed by atoms with Crippen LogP contribution in [0, 0.1) is 0 Å². The maximum Gasteiger partial charge on any atom is 0.267 e. The lowest BCUT2D eigenvalue weighted by molar-refractivity contribution is -0.425. The molecule has 118 valence electrons. The van der Waals surface area contributed by atoms with Crippen LogP contribution in [-0.4, -0.2) is 18.8 Å². The fourth-order valence-corrected chi connectivity index (χ4v) is 2.96. The monoisotopic (exact) mass is 303 g/mol. The van der Waals surface area contributed by atoms with E-state index in [1.165, 1.54) is 17.2 Å². The number of carbonyl (C=O) groups is 1. The molecular formula is C17H23N2O3+. The van der Waals surface area contributed by atoms with Gasteiger partial charge in [-0.1, -0.05) is 18.2 Å². The first kappa shape index (κ1) is 15.2. The van der Waals surface area contributed by atoms with E-state index in [0.29, 0.717) is 12.6 Å². The average molecular weight is 303 g/mol. The van der Waals surface area contributed by atoms with Crippen LogP contribution < -0.4 is 11.2 Å². The Balaban J connectivity index is 1.51. The number of benzene rings is 1. The molecule has 1 heterocycles. The van der Waals surface area contributed by atoms with Gasteiger partial charge in [0.1, 0.15) is 6.04 Å². The number of ether oxygens (including phenoxy) is 1. The van der Waals surface area contributed by atoms with Crippen molar-refractivity contribution >= 4 is 12.0 Å². The Morgan fingerprint density at radius 3 is 3.09 bits per heavy atom. The Morgan fingerprint density at radius 2 is 2.27 bits per heavy atom. The van der Waals surface area contributed by atoms with Crippen LogP contribution in [0.5, 0.6) is 0 Å². The van der Waals surface area contributed by atoms with Crippen molar-refractivity contribution in [3.05, 3.63) is 41.0 Å². The van der Waals surface area contributed by atoms with E-state index in [0.717, 1.165) is 37.7 Å². The summed E-state index contributed by atoms with van der Waals surface area (Å²) in [6.45, 7) is 0.693. The minimum atomic E-state index is -0.319. The normalized spacial score (nSPS) is 24.4. The number of amides is 1. The van der Waals surface area contributed by atoms with Gasteiger partial charge in [0.2, 0.25) is 0 Å². The predicted molar refractivity (Wildman–Crippen MR) is 82.2 cm³/mol. The van der Waals surface area contributed by atoms with Crippen molar-refractivity contribution in [1.29, 1.82) is 0 Å². The van der Waals surface area contributed by atoms with Crippen molar-refractivity contribution in [2.24, 2.45) is 0 Å². The van der Waals surface area contributed by atoms with E-state index < -0.39 is 0 Å². The molecule has 4 N–H and O–H groups in total. The van der Waals surface area contributed by atoms with Crippen molar-refractivity contribution in [1.82, 2.24) is 5.48 Å². The Bertz CT molecular complexity index is 565. The third kappa shape index (κ3) is 3.74. The zero-order valence-electron chi connectivity index (χ0n) is 12.7. The second-order valence-corrected chi connectivity index (χ2v) is 5.91. The Labute approximate surface area is 130 Å². The molecule has 5 nitrogen and oxygen atoms in total. The van der Waals surface area contributed by atoms with Crippen molar-refractivity contribution in [3.63, 3.8) is 0 Å². The highest BCUT2D eigenvalue weighted by Gasteiger charge is 2.21. The molecule has 2 atom stereocenters. The number of nitrogens with one attached hydrogen (secondary N) is 1. The van der Waals surface area contributed by atoms with Gasteiger partial charge < -0.3 is 10.5 Å². The molecule has 1 fully saturated rings. The first-order valence-electron chi connectivity index (χ1n) is 7.93. The summed E-state index contributed by atoms with van der Waals surface area (Å²) in [5.74, 6) is -0.273. The van der Waals surface area contributed by atoms with Crippen molar-refractivity contribution in [3.8, 4) is 0 Å². The molecule has 1 aromatic rings. The van der Waals surface area contributed by atoms with Crippen molar-refractivity contribution in [2.75, 3.05) is 6.61 Å². The summed E-state index contributed by atoms with van der Waals surface area (Å²) in [6, 6.07) is 6.68. The molecule has 1 aliphatic carbocycles. The first-order chi connectivity index (χ1) is 10.7. The molecule has 0 saturated carbocycles. The molecule has 22 heavy (non-hydrogen) atoms. The topological polar surface area (TPSA) is 75.2 Å². The standard InChI is InChI=1S/C17H22N2O3/c18-15-8-6-13-11-12(4-7-14(13)15)5-9-16(20)19-22-17-3-1-2-10-21-17/h4-5,7,9,11,15,17H,1-3,6,8,10,18H2,(H,19,20)/p+1/b9-5+. The highest BCUT2D eigenvalue weighted by Crippen LogP contribution is 2.28. The summed E-state index contributed by atoms with van der Waals surface area (Å²) in [4.78, 5) is 17.0. The van der Waals surface area contributed by atoms with Gasteiger partial charge in [-0.2, -0.15) is 0 Å². The second kappa shape index (κ2) is 7.05. The van der Waals surface area contributed by atoms with Crippen LogP contribution in [0.2, 0.25) is 0 Å². The smallest absolute Gasteiger partial charge is 0.267 e. The predicted octanol–water partition coefficient (Wildman–Crippen LogP) is 1.50. The molecular weight excluding hydrogens is 280 g/mol. The molecule has 5 heteroatoms. The third-order valence-corrected chi connectivity index (χ3v) is 4.23. The number of hydroxylamine groups is 1. The van der Waals surface area contributed by atoms with Crippen LogP contribution in [0.1, 0.15) is 48.4 Å². The Morgan fingerprint density at radius 1 is 1.36 bits per heavy atom. The van der Waals surface area contributed by atoms with Gasteiger partial charge >= 0.3 is 0 Å². The van der Waals surface area contributed by atoms with E-state index in [1.807, 2.05) is 6.07 Å². The van der Waals surface area contributed by atoms with Gasteiger partial charge in [0.05, 0.1) is 0 Å². The first-order valence-corrected chi connectivity index (χ1v) is 7.93. The molecule has 0 radical (unpaired) electrons. The number of hydrogen-bond acceptors (Lipinski definition) is 3. The summed E-state index contributed by atoms with van der Waals surface area (Å²) in [6.07, 6.45) is 8.09. The summed E-state index contributed by atoms with van der Waals surface area (Å²) in [5.41, 5.74) is 10.3. The molecule has 1 aliphatic heterocycles. The molecule has 2 aliphatic rings. The maximum atomic E-state index is 11.8. The Hall–Kier alpha value is -1.69. The van der Waals surface area contributed by atoms with E-state index in [1.54, 1.807) is 6.08 Å². The minimum absolute atomic E-state index is 0.273. The summed E-state index contributed by atoms with van der Waals surface area (Å²) >= 11 is 0. The Kier molecular flexibility index (Phi) is 4.87. The lowest BCUT2D eigenvalue weighted by atomic mass is 10.0. The number of hydrogen-bond donors (Lipinski definition) is 2. The minimum Gasteiger partial charge on any atom is -0.351 e. The second-order valence-electron chi connectivity index (χ2n) is 5.91. The molecule has 2 unspecified atom stereocenters. The van der Waals surface area contributed by atoms with E-state index in [2.05, 4.69) is 23.3 Å². The van der Waals surface area contributed by atoms with E-state index >= 15 is 0 Å². The maximum absolute atomic E-state index is 11.8. The van der Waals surface area contributed by atoms with Crippen LogP contribution in [0.25, 0.3) is 6.08 Å². The molecule has 3 rings (SSSR count). The van der Waals surface area contributed by atoms with E-state index in [4.69, 9.17) is 9.57 Å². The number of quaternary nitrogens is 1. The van der Waals surface area contributed by atoms with E-state index in [9.17, 15) is 4.79 Å². The highest BCUT2D eigenvalue weighted by atomic mass is 16.8.